The number of thioether (sulfide) groups is 1. The Labute approximate surface area is 158 Å². The molecular formula is C18H18F3N3O2S. The molecule has 0 aliphatic carbocycles. The van der Waals surface area contributed by atoms with Gasteiger partial charge in [-0.3, -0.25) is 9.59 Å². The van der Waals surface area contributed by atoms with Gasteiger partial charge in [-0.25, -0.2) is 4.98 Å². The summed E-state index contributed by atoms with van der Waals surface area (Å²) in [6.07, 6.45) is 2.39. The van der Waals surface area contributed by atoms with Gasteiger partial charge >= 0.3 is 5.51 Å². The summed E-state index contributed by atoms with van der Waals surface area (Å²) in [4.78, 5) is 27.4. The number of hydrogen-bond donors (Lipinski definition) is 2. The molecule has 2 aromatic rings. The largest absolute Gasteiger partial charge is 0.447 e. The van der Waals surface area contributed by atoms with Gasteiger partial charge < -0.3 is 10.6 Å². The minimum atomic E-state index is -4.53. The van der Waals surface area contributed by atoms with Gasteiger partial charge in [-0.15, -0.1) is 0 Å². The van der Waals surface area contributed by atoms with Crippen LogP contribution in [0.3, 0.4) is 0 Å². The van der Waals surface area contributed by atoms with E-state index in [-0.39, 0.29) is 18.0 Å². The van der Waals surface area contributed by atoms with Crippen molar-refractivity contribution in [3.63, 3.8) is 0 Å². The van der Waals surface area contributed by atoms with Crippen LogP contribution in [-0.2, 0) is 11.3 Å². The molecule has 0 fully saturated rings. The van der Waals surface area contributed by atoms with Crippen molar-refractivity contribution in [2.24, 2.45) is 0 Å². The van der Waals surface area contributed by atoms with E-state index >= 15 is 0 Å². The van der Waals surface area contributed by atoms with Crippen molar-refractivity contribution >= 4 is 29.3 Å². The molecule has 0 atom stereocenters. The summed E-state index contributed by atoms with van der Waals surface area (Å²) in [6, 6.07) is 9.53. The Kier molecular flexibility index (Phi) is 7.23. The Morgan fingerprint density at radius 3 is 2.48 bits per heavy atom. The second kappa shape index (κ2) is 9.40. The molecule has 27 heavy (non-hydrogen) atoms. The van der Waals surface area contributed by atoms with E-state index in [4.69, 9.17) is 0 Å². The Morgan fingerprint density at radius 1 is 1.15 bits per heavy atom. The van der Waals surface area contributed by atoms with Crippen molar-refractivity contribution in [2.45, 2.75) is 36.8 Å². The van der Waals surface area contributed by atoms with Crippen molar-refractivity contribution in [3.05, 3.63) is 53.7 Å². The van der Waals surface area contributed by atoms with Gasteiger partial charge in [0.1, 0.15) is 5.03 Å². The molecule has 2 rings (SSSR count). The van der Waals surface area contributed by atoms with Crippen LogP contribution < -0.4 is 10.6 Å². The molecule has 0 saturated heterocycles. The van der Waals surface area contributed by atoms with E-state index in [2.05, 4.69) is 15.6 Å². The predicted octanol–water partition coefficient (Wildman–Crippen LogP) is 4.36. The third kappa shape index (κ3) is 6.93. The van der Waals surface area contributed by atoms with Crippen LogP contribution in [0.4, 0.5) is 18.9 Å². The Hall–Kier alpha value is -2.55. The van der Waals surface area contributed by atoms with Crippen LogP contribution in [0.25, 0.3) is 0 Å². The first-order valence-corrected chi connectivity index (χ1v) is 8.98. The lowest BCUT2D eigenvalue weighted by atomic mass is 10.2. The van der Waals surface area contributed by atoms with E-state index in [1.807, 2.05) is 6.92 Å². The monoisotopic (exact) mass is 397 g/mol. The number of hydrogen-bond acceptors (Lipinski definition) is 4. The lowest BCUT2D eigenvalue weighted by Crippen LogP contribution is -2.24. The highest BCUT2D eigenvalue weighted by Gasteiger charge is 2.32. The summed E-state index contributed by atoms with van der Waals surface area (Å²) >= 11 is -0.423. The first kappa shape index (κ1) is 20.8. The smallest absolute Gasteiger partial charge is 0.348 e. The maximum Gasteiger partial charge on any atom is 0.447 e. The molecule has 0 bridgehead atoms. The third-order valence-corrected chi connectivity index (χ3v) is 4.15. The fourth-order valence-electron chi connectivity index (χ4n) is 2.19. The zero-order chi connectivity index (χ0) is 19.9. The number of rotatable bonds is 7. The van der Waals surface area contributed by atoms with E-state index in [0.29, 0.717) is 12.1 Å². The maximum absolute atomic E-state index is 12.6. The van der Waals surface area contributed by atoms with Gasteiger partial charge in [0.05, 0.1) is 5.56 Å². The molecule has 9 heteroatoms. The van der Waals surface area contributed by atoms with Crippen LogP contribution in [0.1, 0.15) is 35.7 Å². The average molecular weight is 397 g/mol. The van der Waals surface area contributed by atoms with E-state index in [1.54, 1.807) is 24.3 Å². The van der Waals surface area contributed by atoms with Crippen molar-refractivity contribution in [1.82, 2.24) is 10.3 Å². The van der Waals surface area contributed by atoms with E-state index < -0.39 is 28.2 Å². The van der Waals surface area contributed by atoms with Crippen LogP contribution in [0.5, 0.6) is 0 Å². The number of pyridine rings is 1. The molecule has 1 aromatic heterocycles. The zero-order valence-corrected chi connectivity index (χ0v) is 15.3. The van der Waals surface area contributed by atoms with Gasteiger partial charge in [0, 0.05) is 36.6 Å². The molecule has 1 aromatic carbocycles. The lowest BCUT2D eigenvalue weighted by Gasteiger charge is -2.11. The van der Waals surface area contributed by atoms with Crippen molar-refractivity contribution in [1.29, 1.82) is 0 Å². The summed E-state index contributed by atoms with van der Waals surface area (Å²) in [5.74, 6) is -0.722. The number of amides is 2. The predicted molar refractivity (Wildman–Crippen MR) is 97.3 cm³/mol. The Bertz CT molecular complexity index is 795. The summed E-state index contributed by atoms with van der Waals surface area (Å²) in [5.41, 5.74) is -3.28. The summed E-state index contributed by atoms with van der Waals surface area (Å²) in [6.45, 7) is 2.04. The number of carbonyl (C=O) groups excluding carboxylic acids is 2. The molecule has 0 unspecified atom stereocenters. The number of nitrogens with zero attached hydrogens (tertiary/aromatic N) is 1. The summed E-state index contributed by atoms with van der Waals surface area (Å²) in [7, 11) is 0. The number of nitrogens with one attached hydrogen (secondary N) is 2. The van der Waals surface area contributed by atoms with Gasteiger partial charge in [-0.05, 0) is 36.2 Å². The Balaban J connectivity index is 1.97. The van der Waals surface area contributed by atoms with Crippen LogP contribution in [0, 0.1) is 0 Å². The van der Waals surface area contributed by atoms with Crippen molar-refractivity contribution < 1.29 is 22.8 Å². The molecule has 2 N–H and O–H groups in total. The molecule has 0 radical (unpaired) electrons. The zero-order valence-electron chi connectivity index (χ0n) is 14.5. The molecule has 0 aliphatic heterocycles. The lowest BCUT2D eigenvalue weighted by molar-refractivity contribution is -0.116. The van der Waals surface area contributed by atoms with Gasteiger partial charge in [0.2, 0.25) is 5.91 Å². The second-order valence-corrected chi connectivity index (χ2v) is 6.64. The first-order chi connectivity index (χ1) is 12.8. The molecule has 5 nitrogen and oxygen atoms in total. The third-order valence-electron chi connectivity index (χ3n) is 3.40. The minimum absolute atomic E-state index is 0.0789. The van der Waals surface area contributed by atoms with Crippen molar-refractivity contribution in [2.75, 3.05) is 5.32 Å². The number of carbonyl (C=O) groups is 2. The number of benzene rings is 1. The fraction of sp³-hybridized carbons (Fsp3) is 0.278. The molecular weight excluding hydrogens is 379 g/mol. The molecule has 0 saturated carbocycles. The first-order valence-electron chi connectivity index (χ1n) is 8.16. The summed E-state index contributed by atoms with van der Waals surface area (Å²) in [5, 5.41) is 4.93. The highest BCUT2D eigenvalue weighted by Crippen LogP contribution is 2.37. The quantitative estimate of drug-likeness (QED) is 0.681. The molecule has 144 valence electrons. The highest BCUT2D eigenvalue weighted by molar-refractivity contribution is 8.00. The summed E-state index contributed by atoms with van der Waals surface area (Å²) < 4.78 is 37.7. The fourth-order valence-corrected chi connectivity index (χ4v) is 2.79. The van der Waals surface area contributed by atoms with Crippen LogP contribution in [0.15, 0.2) is 47.6 Å². The van der Waals surface area contributed by atoms with Crippen LogP contribution in [-0.4, -0.2) is 22.3 Å². The molecule has 2 amide bonds. The standard InChI is InChI=1S/C18H18F3N3O2S/c1-2-4-15(25)24-13-8-6-12(7-9-13)11-23-16(26)14-5-3-10-22-17(14)27-18(19,20)21/h3,5-10H,2,4,11H2,1H3,(H,23,26)(H,24,25). The molecule has 1 heterocycles. The number of anilines is 1. The SMILES string of the molecule is CCCC(=O)Nc1ccc(CNC(=O)c2cccnc2SC(F)(F)F)cc1. The van der Waals surface area contributed by atoms with Crippen molar-refractivity contribution in [3.8, 4) is 0 Å². The average Bonchev–Trinajstić information content (AvgIpc) is 2.60. The van der Waals surface area contributed by atoms with E-state index in [0.717, 1.165) is 12.0 Å². The molecule has 0 aliphatic rings. The maximum atomic E-state index is 12.6. The number of aromatic nitrogens is 1. The van der Waals surface area contributed by atoms with Gasteiger partial charge in [-0.2, -0.15) is 13.2 Å². The van der Waals surface area contributed by atoms with E-state index in [9.17, 15) is 22.8 Å². The Morgan fingerprint density at radius 2 is 1.85 bits per heavy atom. The number of halogens is 3. The second-order valence-electron chi connectivity index (χ2n) is 5.58. The normalized spacial score (nSPS) is 11.1. The van der Waals surface area contributed by atoms with Crippen LogP contribution in [0.2, 0.25) is 0 Å². The molecule has 0 spiro atoms. The van der Waals surface area contributed by atoms with Gasteiger partial charge in [0.25, 0.3) is 5.91 Å². The number of alkyl halides is 3. The van der Waals surface area contributed by atoms with Gasteiger partial charge in [-0.1, -0.05) is 19.1 Å². The minimum Gasteiger partial charge on any atom is -0.348 e. The van der Waals surface area contributed by atoms with Crippen LogP contribution >= 0.6 is 11.8 Å². The topological polar surface area (TPSA) is 71.1 Å². The van der Waals surface area contributed by atoms with Gasteiger partial charge in [0.15, 0.2) is 0 Å². The highest BCUT2D eigenvalue weighted by atomic mass is 32.2. The van der Waals surface area contributed by atoms with E-state index in [1.165, 1.54) is 18.3 Å².